The first-order chi connectivity index (χ1) is 16.8. The molecule has 1 atom stereocenters. The summed E-state index contributed by atoms with van der Waals surface area (Å²) in [6.45, 7) is 0. The highest BCUT2D eigenvalue weighted by molar-refractivity contribution is 5.65. The maximum absolute atomic E-state index is 13.8. The zero-order chi connectivity index (χ0) is 24.6. The van der Waals surface area contributed by atoms with Gasteiger partial charge in [-0.2, -0.15) is 18.3 Å². The minimum absolute atomic E-state index is 0.0401. The second-order valence-electron chi connectivity index (χ2n) is 7.84. The molecule has 4 aromatic heterocycles. The molecule has 0 aliphatic heterocycles. The molecular formula is C23H18F4N8. The molecule has 0 amide bonds. The number of aromatic nitrogens is 7. The lowest BCUT2D eigenvalue weighted by Crippen LogP contribution is -2.24. The fourth-order valence-electron chi connectivity index (χ4n) is 3.73. The molecule has 35 heavy (non-hydrogen) atoms. The molecule has 0 spiro atoms. The van der Waals surface area contributed by atoms with Crippen molar-refractivity contribution in [3.63, 3.8) is 0 Å². The molecule has 8 nitrogen and oxygen atoms in total. The van der Waals surface area contributed by atoms with Crippen molar-refractivity contribution in [3.8, 4) is 11.3 Å². The second-order valence-corrected chi connectivity index (χ2v) is 7.84. The van der Waals surface area contributed by atoms with Gasteiger partial charge in [-0.3, -0.25) is 9.08 Å². The highest BCUT2D eigenvalue weighted by Crippen LogP contribution is 2.37. The van der Waals surface area contributed by atoms with Crippen molar-refractivity contribution in [3.05, 3.63) is 84.3 Å². The van der Waals surface area contributed by atoms with Gasteiger partial charge in [-0.1, -0.05) is 12.1 Å². The molecule has 5 rings (SSSR count). The molecule has 1 aromatic carbocycles. The summed E-state index contributed by atoms with van der Waals surface area (Å²) in [6.07, 6.45) is -0.141. The Labute approximate surface area is 196 Å². The number of nitrogens with zero attached hydrogens (tertiary/aromatic N) is 7. The minimum Gasteiger partial charge on any atom is -0.309 e. The number of benzene rings is 1. The molecule has 178 valence electrons. The van der Waals surface area contributed by atoms with Gasteiger partial charge in [0.2, 0.25) is 5.95 Å². The normalized spacial score (nSPS) is 12.7. The molecular weight excluding hydrogens is 464 g/mol. The van der Waals surface area contributed by atoms with Gasteiger partial charge in [0.1, 0.15) is 17.5 Å². The second kappa shape index (κ2) is 8.78. The Morgan fingerprint density at radius 2 is 1.80 bits per heavy atom. The van der Waals surface area contributed by atoms with Crippen molar-refractivity contribution in [1.82, 2.24) is 34.3 Å². The Bertz CT molecular complexity index is 1470. The molecule has 0 radical (unpaired) electrons. The SMILES string of the molecule is Cn1nccc1Nc1nccc(-c2ccn3c(C[C@H](c4ccc(F)cc4)C(F)(F)F)nnc3c2)n1. The number of anilines is 2. The Kier molecular flexibility index (Phi) is 5.63. The van der Waals surface area contributed by atoms with E-state index in [0.717, 1.165) is 24.3 Å². The predicted octanol–water partition coefficient (Wildman–Crippen LogP) is 4.69. The lowest BCUT2D eigenvalue weighted by molar-refractivity contribution is -0.150. The fraction of sp³-hybridized carbons (Fsp3) is 0.174. The lowest BCUT2D eigenvalue weighted by Gasteiger charge is -2.20. The number of hydrogen-bond acceptors (Lipinski definition) is 6. The summed E-state index contributed by atoms with van der Waals surface area (Å²) in [5, 5.41) is 15.2. The zero-order valence-corrected chi connectivity index (χ0v) is 18.3. The number of rotatable bonds is 6. The Morgan fingerprint density at radius 3 is 2.51 bits per heavy atom. The van der Waals surface area contributed by atoms with Gasteiger partial charge in [-0.15, -0.1) is 10.2 Å². The van der Waals surface area contributed by atoms with E-state index in [-0.39, 0.29) is 11.4 Å². The third-order valence-electron chi connectivity index (χ3n) is 5.55. The number of halogens is 4. The first-order valence-corrected chi connectivity index (χ1v) is 10.5. The summed E-state index contributed by atoms with van der Waals surface area (Å²) in [5.74, 6) is -1.24. The van der Waals surface area contributed by atoms with Gasteiger partial charge in [0.25, 0.3) is 0 Å². The molecule has 0 unspecified atom stereocenters. The molecule has 5 aromatic rings. The zero-order valence-electron chi connectivity index (χ0n) is 18.3. The third-order valence-corrected chi connectivity index (χ3v) is 5.55. The molecule has 0 saturated heterocycles. The predicted molar refractivity (Wildman–Crippen MR) is 119 cm³/mol. The topological polar surface area (TPSA) is 85.8 Å². The highest BCUT2D eigenvalue weighted by Gasteiger charge is 2.41. The summed E-state index contributed by atoms with van der Waals surface area (Å²) >= 11 is 0. The molecule has 1 N–H and O–H groups in total. The maximum Gasteiger partial charge on any atom is 0.396 e. The smallest absolute Gasteiger partial charge is 0.309 e. The van der Waals surface area contributed by atoms with Crippen molar-refractivity contribution in [2.24, 2.45) is 7.05 Å². The summed E-state index contributed by atoms with van der Waals surface area (Å²) in [4.78, 5) is 8.71. The number of fused-ring (bicyclic) bond motifs is 1. The fourth-order valence-corrected chi connectivity index (χ4v) is 3.73. The van der Waals surface area contributed by atoms with Gasteiger partial charge in [0, 0.05) is 37.5 Å². The average Bonchev–Trinajstić information content (AvgIpc) is 3.43. The summed E-state index contributed by atoms with van der Waals surface area (Å²) < 4.78 is 57.8. The van der Waals surface area contributed by atoms with Crippen LogP contribution < -0.4 is 5.32 Å². The summed E-state index contributed by atoms with van der Waals surface area (Å²) in [6, 6.07) is 11.2. The maximum atomic E-state index is 13.8. The van der Waals surface area contributed by atoms with Gasteiger partial charge in [0.15, 0.2) is 5.65 Å². The van der Waals surface area contributed by atoms with E-state index in [0.29, 0.717) is 28.7 Å². The van der Waals surface area contributed by atoms with E-state index in [1.165, 1.54) is 4.40 Å². The van der Waals surface area contributed by atoms with E-state index in [4.69, 9.17) is 0 Å². The monoisotopic (exact) mass is 482 g/mol. The number of alkyl halides is 3. The van der Waals surface area contributed by atoms with Crippen LogP contribution in [0.1, 0.15) is 17.3 Å². The van der Waals surface area contributed by atoms with Crippen LogP contribution in [0.5, 0.6) is 0 Å². The van der Waals surface area contributed by atoms with E-state index in [1.54, 1.807) is 54.6 Å². The largest absolute Gasteiger partial charge is 0.396 e. The van der Waals surface area contributed by atoms with Gasteiger partial charge in [-0.05, 0) is 35.9 Å². The number of hydrogen-bond donors (Lipinski definition) is 1. The quantitative estimate of drug-likeness (QED) is 0.354. The van der Waals surface area contributed by atoms with Crippen molar-refractivity contribution < 1.29 is 17.6 Å². The first kappa shape index (κ1) is 22.4. The van der Waals surface area contributed by atoms with Gasteiger partial charge >= 0.3 is 6.18 Å². The Balaban J connectivity index is 1.43. The molecule has 0 aliphatic carbocycles. The minimum atomic E-state index is -4.54. The van der Waals surface area contributed by atoms with Gasteiger partial charge in [-0.25, -0.2) is 14.4 Å². The van der Waals surface area contributed by atoms with E-state index in [2.05, 4.69) is 30.6 Å². The van der Waals surface area contributed by atoms with E-state index >= 15 is 0 Å². The van der Waals surface area contributed by atoms with Crippen LogP contribution in [0.25, 0.3) is 16.9 Å². The van der Waals surface area contributed by atoms with Crippen molar-refractivity contribution in [2.75, 3.05) is 5.32 Å². The highest BCUT2D eigenvalue weighted by atomic mass is 19.4. The number of aryl methyl sites for hydroxylation is 1. The Morgan fingerprint density at radius 1 is 1.00 bits per heavy atom. The van der Waals surface area contributed by atoms with Crippen LogP contribution in [0.2, 0.25) is 0 Å². The molecule has 4 heterocycles. The molecule has 0 saturated carbocycles. The van der Waals surface area contributed by atoms with Crippen LogP contribution in [-0.4, -0.2) is 40.5 Å². The Hall–Kier alpha value is -4.35. The van der Waals surface area contributed by atoms with E-state index in [1.807, 2.05) is 0 Å². The summed E-state index contributed by atoms with van der Waals surface area (Å²) in [5.41, 5.74) is 1.62. The molecule has 12 heteroatoms. The van der Waals surface area contributed by atoms with Gasteiger partial charge in [0.05, 0.1) is 17.8 Å². The van der Waals surface area contributed by atoms with E-state index in [9.17, 15) is 17.6 Å². The van der Waals surface area contributed by atoms with Crippen LogP contribution in [0, 0.1) is 5.82 Å². The first-order valence-electron chi connectivity index (χ1n) is 10.5. The van der Waals surface area contributed by atoms with Crippen LogP contribution in [0.3, 0.4) is 0 Å². The number of nitrogens with one attached hydrogen (secondary N) is 1. The molecule has 0 fully saturated rings. The van der Waals surface area contributed by atoms with E-state index < -0.39 is 24.3 Å². The van der Waals surface area contributed by atoms with Crippen LogP contribution in [0.4, 0.5) is 29.3 Å². The molecule has 0 bridgehead atoms. The van der Waals surface area contributed by atoms with Crippen molar-refractivity contribution in [2.45, 2.75) is 18.5 Å². The summed E-state index contributed by atoms with van der Waals surface area (Å²) in [7, 11) is 1.78. The van der Waals surface area contributed by atoms with Crippen LogP contribution in [-0.2, 0) is 13.5 Å². The molecule has 0 aliphatic rings. The van der Waals surface area contributed by atoms with Crippen LogP contribution in [0.15, 0.2) is 67.1 Å². The number of pyridine rings is 1. The lowest BCUT2D eigenvalue weighted by atomic mass is 9.94. The van der Waals surface area contributed by atoms with Crippen molar-refractivity contribution in [1.29, 1.82) is 0 Å². The van der Waals surface area contributed by atoms with Gasteiger partial charge < -0.3 is 5.32 Å². The van der Waals surface area contributed by atoms with Crippen molar-refractivity contribution >= 4 is 17.4 Å². The van der Waals surface area contributed by atoms with Crippen LogP contribution >= 0.6 is 0 Å². The third kappa shape index (κ3) is 4.67. The average molecular weight is 482 g/mol. The standard InChI is InChI=1S/C23H18F4N8/c1-34-19(7-10-29-34)31-22-28-9-6-18(30-22)15-8-11-35-20(12-15)32-33-21(35)13-17(23(25,26)27)14-2-4-16(24)5-3-14/h2-12,17H,13H2,1H3,(H,28,30,31)/t17-/m1/s1.